The fraction of sp³-hybridized carbons (Fsp3) is 0.294. The number of halogens is 1. The number of nitriles is 1. The third-order valence-corrected chi connectivity index (χ3v) is 3.73. The van der Waals surface area contributed by atoms with Gasteiger partial charge in [0.1, 0.15) is 17.4 Å². The fourth-order valence-electron chi connectivity index (χ4n) is 2.53. The quantitative estimate of drug-likeness (QED) is 0.854. The highest BCUT2D eigenvalue weighted by Crippen LogP contribution is 2.40. The van der Waals surface area contributed by atoms with Gasteiger partial charge in [-0.3, -0.25) is 0 Å². The van der Waals surface area contributed by atoms with Crippen LogP contribution in [0.2, 0.25) is 5.02 Å². The molecule has 1 aliphatic heterocycles. The van der Waals surface area contributed by atoms with Gasteiger partial charge in [-0.15, -0.1) is 0 Å². The summed E-state index contributed by atoms with van der Waals surface area (Å²) < 4.78 is 10.6. The predicted octanol–water partition coefficient (Wildman–Crippen LogP) is 3.37. The molecule has 120 valence electrons. The van der Waals surface area contributed by atoms with E-state index in [1.165, 1.54) is 0 Å². The number of hydrogen-bond donors (Lipinski definition) is 1. The molecule has 0 fully saturated rings. The van der Waals surface area contributed by atoms with Gasteiger partial charge in [-0.05, 0) is 24.6 Å². The first-order valence-corrected chi connectivity index (χ1v) is 7.64. The van der Waals surface area contributed by atoms with Crippen LogP contribution in [0.1, 0.15) is 31.7 Å². The monoisotopic (exact) mass is 332 g/mol. The largest absolute Gasteiger partial charge is 0.463 e. The Labute approximate surface area is 139 Å². The van der Waals surface area contributed by atoms with Crippen molar-refractivity contribution in [2.75, 3.05) is 6.61 Å². The predicted molar refractivity (Wildman–Crippen MR) is 86.1 cm³/mol. The number of esters is 1. The van der Waals surface area contributed by atoms with Crippen LogP contribution in [-0.4, -0.2) is 12.6 Å². The summed E-state index contributed by atoms with van der Waals surface area (Å²) in [7, 11) is 0. The summed E-state index contributed by atoms with van der Waals surface area (Å²) in [6, 6.07) is 9.01. The Morgan fingerprint density at radius 3 is 2.78 bits per heavy atom. The lowest BCUT2D eigenvalue weighted by molar-refractivity contribution is -0.139. The van der Waals surface area contributed by atoms with Crippen LogP contribution in [0.3, 0.4) is 0 Å². The normalized spacial score (nSPS) is 17.6. The molecule has 0 amide bonds. The molecule has 5 nitrogen and oxygen atoms in total. The molecule has 0 unspecified atom stereocenters. The van der Waals surface area contributed by atoms with Crippen molar-refractivity contribution in [2.45, 2.75) is 26.2 Å². The lowest BCUT2D eigenvalue weighted by Gasteiger charge is -2.27. The summed E-state index contributed by atoms with van der Waals surface area (Å²) in [6.07, 6.45) is 0.449. The molecule has 23 heavy (non-hydrogen) atoms. The molecule has 0 radical (unpaired) electrons. The van der Waals surface area contributed by atoms with Crippen LogP contribution in [0.5, 0.6) is 0 Å². The number of carbonyl (C=O) groups excluding carboxylic acids is 1. The first-order chi connectivity index (χ1) is 11.0. The zero-order chi connectivity index (χ0) is 17.0. The Morgan fingerprint density at radius 1 is 1.48 bits per heavy atom. The van der Waals surface area contributed by atoms with Crippen LogP contribution in [0.25, 0.3) is 0 Å². The second-order valence-electron chi connectivity index (χ2n) is 4.89. The van der Waals surface area contributed by atoms with Crippen LogP contribution in [-0.2, 0) is 14.3 Å². The standard InChI is InChI=1S/C17H17ClN2O3/c1-3-13-15(17(21)22-4-2)14(12(9-19)16(20)23-13)10-6-5-7-11(18)8-10/h5-8,14H,3-4,20H2,1-2H3/t14-/m0/s1. The maximum Gasteiger partial charge on any atom is 0.338 e. The minimum atomic E-state index is -0.651. The first-order valence-electron chi connectivity index (χ1n) is 7.26. The zero-order valence-electron chi connectivity index (χ0n) is 12.9. The van der Waals surface area contributed by atoms with Crippen LogP contribution in [0.15, 0.2) is 47.1 Å². The summed E-state index contributed by atoms with van der Waals surface area (Å²) in [5, 5.41) is 9.98. The average Bonchev–Trinajstić information content (AvgIpc) is 2.53. The maximum atomic E-state index is 12.4. The van der Waals surface area contributed by atoms with Gasteiger partial charge in [0.15, 0.2) is 0 Å². The molecular weight excluding hydrogens is 316 g/mol. The van der Waals surface area contributed by atoms with Crippen molar-refractivity contribution in [2.24, 2.45) is 5.73 Å². The van der Waals surface area contributed by atoms with Crippen LogP contribution >= 0.6 is 11.6 Å². The number of hydrogen-bond acceptors (Lipinski definition) is 5. The van der Waals surface area contributed by atoms with Gasteiger partial charge in [-0.1, -0.05) is 30.7 Å². The average molecular weight is 333 g/mol. The summed E-state index contributed by atoms with van der Waals surface area (Å²) in [5.74, 6) is -0.761. The van der Waals surface area contributed by atoms with Gasteiger partial charge in [0.05, 0.1) is 18.1 Å². The van der Waals surface area contributed by atoms with Crippen molar-refractivity contribution in [3.05, 3.63) is 57.6 Å². The highest BCUT2D eigenvalue weighted by atomic mass is 35.5. The topological polar surface area (TPSA) is 85.3 Å². The van der Waals surface area contributed by atoms with Crippen molar-refractivity contribution in [1.29, 1.82) is 5.26 Å². The second-order valence-corrected chi connectivity index (χ2v) is 5.33. The minimum Gasteiger partial charge on any atom is -0.463 e. The third kappa shape index (κ3) is 3.33. The van der Waals surface area contributed by atoms with E-state index in [1.807, 2.05) is 13.0 Å². The van der Waals surface area contributed by atoms with E-state index in [0.29, 0.717) is 28.3 Å². The number of benzene rings is 1. The SMILES string of the molecule is CCOC(=O)C1=C(CC)OC(N)=C(C#N)[C@@H]1c1cccc(Cl)c1. The van der Waals surface area contributed by atoms with Crippen molar-refractivity contribution in [3.63, 3.8) is 0 Å². The molecule has 2 rings (SSSR count). The molecule has 0 saturated carbocycles. The number of allylic oxidation sites excluding steroid dienone is 2. The van der Waals surface area contributed by atoms with E-state index in [9.17, 15) is 10.1 Å². The van der Waals surface area contributed by atoms with Crippen molar-refractivity contribution >= 4 is 17.6 Å². The van der Waals surface area contributed by atoms with Gasteiger partial charge in [0, 0.05) is 11.4 Å². The second kappa shape index (κ2) is 7.21. The summed E-state index contributed by atoms with van der Waals surface area (Å²) in [4.78, 5) is 12.4. The Hall–Kier alpha value is -2.45. The highest BCUT2D eigenvalue weighted by Gasteiger charge is 2.37. The Kier molecular flexibility index (Phi) is 5.30. The molecule has 0 saturated heterocycles. The van der Waals surface area contributed by atoms with E-state index < -0.39 is 11.9 Å². The van der Waals surface area contributed by atoms with Crippen LogP contribution in [0, 0.1) is 11.3 Å². The van der Waals surface area contributed by atoms with Gasteiger partial charge < -0.3 is 15.2 Å². The lowest BCUT2D eigenvalue weighted by atomic mass is 9.82. The Balaban J connectivity index is 2.66. The molecule has 0 aromatic heterocycles. The van der Waals surface area contributed by atoms with Gasteiger partial charge in [-0.25, -0.2) is 4.79 Å². The number of carbonyl (C=O) groups is 1. The first kappa shape index (κ1) is 16.9. The van der Waals surface area contributed by atoms with Gasteiger partial charge in [0.2, 0.25) is 5.88 Å². The van der Waals surface area contributed by atoms with Gasteiger partial charge >= 0.3 is 5.97 Å². The van der Waals surface area contributed by atoms with Crippen molar-refractivity contribution in [1.82, 2.24) is 0 Å². The Morgan fingerprint density at radius 2 is 2.22 bits per heavy atom. The number of nitrogens with zero attached hydrogens (tertiary/aromatic N) is 1. The van der Waals surface area contributed by atoms with E-state index in [4.69, 9.17) is 26.8 Å². The Bertz CT molecular complexity index is 732. The molecule has 0 aliphatic carbocycles. The number of nitrogens with two attached hydrogens (primary N) is 1. The van der Waals surface area contributed by atoms with E-state index in [0.717, 1.165) is 0 Å². The lowest BCUT2D eigenvalue weighted by Crippen LogP contribution is -2.26. The van der Waals surface area contributed by atoms with Crippen LogP contribution in [0.4, 0.5) is 0 Å². The van der Waals surface area contributed by atoms with E-state index in [2.05, 4.69) is 0 Å². The molecule has 6 heteroatoms. The molecule has 2 N–H and O–H groups in total. The maximum absolute atomic E-state index is 12.4. The molecular formula is C17H17ClN2O3. The van der Waals surface area contributed by atoms with Gasteiger partial charge in [0.25, 0.3) is 0 Å². The van der Waals surface area contributed by atoms with Crippen molar-refractivity contribution < 1.29 is 14.3 Å². The summed E-state index contributed by atoms with van der Waals surface area (Å²) in [5.41, 5.74) is 7.03. The number of rotatable bonds is 4. The van der Waals surface area contributed by atoms with E-state index in [1.54, 1.807) is 31.2 Å². The fourth-order valence-corrected chi connectivity index (χ4v) is 2.73. The van der Waals surface area contributed by atoms with E-state index >= 15 is 0 Å². The van der Waals surface area contributed by atoms with Crippen molar-refractivity contribution in [3.8, 4) is 6.07 Å². The summed E-state index contributed by atoms with van der Waals surface area (Å²) in [6.45, 7) is 3.79. The smallest absolute Gasteiger partial charge is 0.338 e. The molecule has 0 bridgehead atoms. The highest BCUT2D eigenvalue weighted by molar-refractivity contribution is 6.30. The van der Waals surface area contributed by atoms with Gasteiger partial charge in [-0.2, -0.15) is 5.26 Å². The van der Waals surface area contributed by atoms with E-state index in [-0.39, 0.29) is 18.1 Å². The molecule has 1 heterocycles. The minimum absolute atomic E-state index is 0.00220. The summed E-state index contributed by atoms with van der Waals surface area (Å²) >= 11 is 6.06. The molecule has 0 spiro atoms. The zero-order valence-corrected chi connectivity index (χ0v) is 13.7. The third-order valence-electron chi connectivity index (χ3n) is 3.50. The molecule has 1 aliphatic rings. The molecule has 1 aromatic carbocycles. The molecule has 1 atom stereocenters. The molecule has 1 aromatic rings. The van der Waals surface area contributed by atoms with Crippen LogP contribution < -0.4 is 5.73 Å². The number of ether oxygens (including phenoxy) is 2.